The lowest BCUT2D eigenvalue weighted by Gasteiger charge is -2.13. The molecule has 2 aromatic carbocycles. The SMILES string of the molecule is Cn1cc(-c2ccc(OCc3ccc(F)c(F)c3)c(C(=O)Cc3ccnnc3)c2)cn1. The molecule has 0 saturated carbocycles. The molecule has 156 valence electrons. The molecule has 31 heavy (non-hydrogen) atoms. The van der Waals surface area contributed by atoms with Crippen LogP contribution in [0.4, 0.5) is 8.78 Å². The van der Waals surface area contributed by atoms with Crippen LogP contribution in [0.3, 0.4) is 0 Å². The van der Waals surface area contributed by atoms with Crippen molar-refractivity contribution in [1.29, 1.82) is 0 Å². The first-order chi connectivity index (χ1) is 15.0. The van der Waals surface area contributed by atoms with Gasteiger partial charge in [0, 0.05) is 31.4 Å². The molecule has 4 rings (SSSR count). The van der Waals surface area contributed by atoms with Gasteiger partial charge in [0.05, 0.1) is 18.0 Å². The van der Waals surface area contributed by atoms with Crippen molar-refractivity contribution in [2.75, 3.05) is 0 Å². The Kier molecular flexibility index (Phi) is 5.79. The number of halogens is 2. The van der Waals surface area contributed by atoms with Crippen LogP contribution >= 0.6 is 0 Å². The highest BCUT2D eigenvalue weighted by atomic mass is 19.2. The van der Waals surface area contributed by atoms with E-state index in [0.717, 1.165) is 28.8 Å². The lowest BCUT2D eigenvalue weighted by molar-refractivity contribution is 0.0988. The highest BCUT2D eigenvalue weighted by molar-refractivity contribution is 6.01. The van der Waals surface area contributed by atoms with Gasteiger partial charge in [-0.1, -0.05) is 12.1 Å². The summed E-state index contributed by atoms with van der Waals surface area (Å²) in [6.45, 7) is -0.0134. The normalized spacial score (nSPS) is 10.8. The monoisotopic (exact) mass is 420 g/mol. The van der Waals surface area contributed by atoms with Gasteiger partial charge in [0.15, 0.2) is 17.4 Å². The summed E-state index contributed by atoms with van der Waals surface area (Å²) in [5.74, 6) is -1.69. The van der Waals surface area contributed by atoms with E-state index in [1.165, 1.54) is 18.5 Å². The second kappa shape index (κ2) is 8.83. The van der Waals surface area contributed by atoms with Gasteiger partial charge in [-0.15, -0.1) is 0 Å². The predicted molar refractivity (Wildman–Crippen MR) is 109 cm³/mol. The van der Waals surface area contributed by atoms with Gasteiger partial charge < -0.3 is 4.74 Å². The molecular weight excluding hydrogens is 402 g/mol. The molecule has 2 heterocycles. The van der Waals surface area contributed by atoms with Crippen LogP contribution in [0.2, 0.25) is 0 Å². The summed E-state index contributed by atoms with van der Waals surface area (Å²) in [5, 5.41) is 11.7. The topological polar surface area (TPSA) is 69.9 Å². The van der Waals surface area contributed by atoms with Gasteiger partial charge in [-0.05, 0) is 47.0 Å². The molecule has 0 spiro atoms. The van der Waals surface area contributed by atoms with Crippen LogP contribution in [0.1, 0.15) is 21.5 Å². The first kappa shape index (κ1) is 20.3. The van der Waals surface area contributed by atoms with Crippen molar-refractivity contribution in [3.8, 4) is 16.9 Å². The first-order valence-corrected chi connectivity index (χ1v) is 9.48. The third-order valence-electron chi connectivity index (χ3n) is 4.71. The van der Waals surface area contributed by atoms with Crippen LogP contribution in [0.25, 0.3) is 11.1 Å². The van der Waals surface area contributed by atoms with Crippen LogP contribution in [-0.2, 0) is 20.1 Å². The van der Waals surface area contributed by atoms with Crippen molar-refractivity contribution in [2.24, 2.45) is 7.05 Å². The number of Topliss-reactive ketones (excluding diaryl/α,β-unsaturated/α-hetero) is 1. The summed E-state index contributed by atoms with van der Waals surface area (Å²) in [7, 11) is 1.81. The van der Waals surface area contributed by atoms with Crippen molar-refractivity contribution in [1.82, 2.24) is 20.0 Å². The van der Waals surface area contributed by atoms with Crippen LogP contribution < -0.4 is 4.74 Å². The molecule has 0 aliphatic carbocycles. The van der Waals surface area contributed by atoms with Crippen molar-refractivity contribution in [3.05, 3.63) is 95.6 Å². The van der Waals surface area contributed by atoms with Crippen molar-refractivity contribution in [3.63, 3.8) is 0 Å². The maximum Gasteiger partial charge on any atom is 0.171 e. The standard InChI is InChI=1S/C23H18F2N4O2/c1-29-13-18(12-28-29)17-3-5-23(31-14-16-2-4-20(24)21(25)8-16)19(10-17)22(30)9-15-6-7-26-27-11-15/h2-8,10-13H,9,14H2,1H3. The number of hydrogen-bond acceptors (Lipinski definition) is 5. The van der Waals surface area contributed by atoms with Crippen molar-refractivity contribution < 1.29 is 18.3 Å². The number of benzene rings is 2. The smallest absolute Gasteiger partial charge is 0.171 e. The zero-order valence-corrected chi connectivity index (χ0v) is 16.6. The largest absolute Gasteiger partial charge is 0.488 e. The van der Waals surface area contributed by atoms with E-state index < -0.39 is 11.6 Å². The zero-order chi connectivity index (χ0) is 21.8. The summed E-state index contributed by atoms with van der Waals surface area (Å²) < 4.78 is 34.2. The Hall–Kier alpha value is -3.94. The zero-order valence-electron chi connectivity index (χ0n) is 16.6. The first-order valence-electron chi connectivity index (χ1n) is 9.48. The molecule has 2 aromatic heterocycles. The van der Waals surface area contributed by atoms with Crippen molar-refractivity contribution in [2.45, 2.75) is 13.0 Å². The van der Waals surface area contributed by atoms with Gasteiger partial charge in [0.25, 0.3) is 0 Å². The van der Waals surface area contributed by atoms with E-state index in [1.807, 2.05) is 19.3 Å². The third-order valence-corrected chi connectivity index (χ3v) is 4.71. The molecule has 0 radical (unpaired) electrons. The minimum atomic E-state index is -0.950. The minimum Gasteiger partial charge on any atom is -0.488 e. The van der Waals surface area contributed by atoms with Crippen LogP contribution in [0, 0.1) is 11.6 Å². The fraction of sp³-hybridized carbons (Fsp3) is 0.130. The lowest BCUT2D eigenvalue weighted by Crippen LogP contribution is -2.08. The molecule has 6 nitrogen and oxygen atoms in total. The number of nitrogens with zero attached hydrogens (tertiary/aromatic N) is 4. The van der Waals surface area contributed by atoms with Gasteiger partial charge in [0.2, 0.25) is 0 Å². The van der Waals surface area contributed by atoms with E-state index in [1.54, 1.807) is 29.1 Å². The van der Waals surface area contributed by atoms with Crippen LogP contribution in [0.5, 0.6) is 5.75 Å². The summed E-state index contributed by atoms with van der Waals surface area (Å²) in [4.78, 5) is 13.1. The molecule has 0 unspecified atom stereocenters. The van der Waals surface area contributed by atoms with E-state index >= 15 is 0 Å². The molecule has 0 amide bonds. The molecule has 0 bridgehead atoms. The number of carbonyl (C=O) groups is 1. The molecule has 0 atom stereocenters. The average molecular weight is 420 g/mol. The van der Waals surface area contributed by atoms with Gasteiger partial charge >= 0.3 is 0 Å². The Morgan fingerprint density at radius 1 is 0.968 bits per heavy atom. The quantitative estimate of drug-likeness (QED) is 0.420. The number of ether oxygens (including phenoxy) is 1. The van der Waals surface area contributed by atoms with E-state index in [9.17, 15) is 13.6 Å². The maximum absolute atomic E-state index is 13.5. The molecule has 0 fully saturated rings. The molecule has 8 heteroatoms. The van der Waals surface area contributed by atoms with Gasteiger partial charge in [-0.2, -0.15) is 15.3 Å². The predicted octanol–water partition coefficient (Wildman–Crippen LogP) is 4.16. The Morgan fingerprint density at radius 2 is 1.84 bits per heavy atom. The summed E-state index contributed by atoms with van der Waals surface area (Å²) in [6.07, 6.45) is 6.73. The Morgan fingerprint density at radius 3 is 2.55 bits per heavy atom. The fourth-order valence-electron chi connectivity index (χ4n) is 3.12. The van der Waals surface area contributed by atoms with Gasteiger partial charge in [-0.25, -0.2) is 8.78 Å². The summed E-state index contributed by atoms with van der Waals surface area (Å²) in [6, 6.07) is 10.5. The number of carbonyl (C=O) groups excluding carboxylic acids is 1. The van der Waals surface area contributed by atoms with Crippen LogP contribution in [-0.4, -0.2) is 25.8 Å². The number of ketones is 1. The Bertz CT molecular complexity index is 1230. The number of aryl methyl sites for hydroxylation is 1. The molecular formula is C23H18F2N4O2. The second-order valence-electron chi connectivity index (χ2n) is 7.00. The summed E-state index contributed by atoms with van der Waals surface area (Å²) in [5.41, 5.74) is 3.21. The summed E-state index contributed by atoms with van der Waals surface area (Å²) >= 11 is 0. The molecule has 4 aromatic rings. The Balaban J connectivity index is 1.64. The molecule has 0 N–H and O–H groups in total. The fourth-order valence-corrected chi connectivity index (χ4v) is 3.12. The number of rotatable bonds is 7. The van der Waals surface area contributed by atoms with E-state index in [0.29, 0.717) is 16.9 Å². The second-order valence-corrected chi connectivity index (χ2v) is 7.00. The molecule has 0 aliphatic rings. The van der Waals surface area contributed by atoms with Gasteiger partial charge in [0.1, 0.15) is 12.4 Å². The lowest BCUT2D eigenvalue weighted by atomic mass is 9.99. The highest BCUT2D eigenvalue weighted by Crippen LogP contribution is 2.28. The highest BCUT2D eigenvalue weighted by Gasteiger charge is 2.16. The minimum absolute atomic E-state index is 0.0134. The number of hydrogen-bond donors (Lipinski definition) is 0. The average Bonchev–Trinajstić information content (AvgIpc) is 3.21. The van der Waals surface area contributed by atoms with Crippen LogP contribution in [0.15, 0.2) is 67.3 Å². The van der Waals surface area contributed by atoms with E-state index in [2.05, 4.69) is 15.3 Å². The third kappa shape index (κ3) is 4.80. The maximum atomic E-state index is 13.5. The van der Waals surface area contributed by atoms with Crippen molar-refractivity contribution >= 4 is 5.78 Å². The van der Waals surface area contributed by atoms with E-state index in [4.69, 9.17) is 4.74 Å². The molecule has 0 saturated heterocycles. The molecule has 0 aliphatic heterocycles. The number of aromatic nitrogens is 4. The van der Waals surface area contributed by atoms with Gasteiger partial charge in [-0.3, -0.25) is 9.48 Å². The Labute approximate surface area is 177 Å². The van der Waals surface area contributed by atoms with E-state index in [-0.39, 0.29) is 18.8 Å².